The molecule has 2 aromatic rings. The van der Waals surface area contributed by atoms with Crippen molar-refractivity contribution < 1.29 is 0 Å². The SMILES string of the molecule is CCCCNC(=S)Nc1cccc(Cn2cc(Cl)cn2)c1. The summed E-state index contributed by atoms with van der Waals surface area (Å²) in [6.45, 7) is 3.73. The molecule has 0 spiro atoms. The second-order valence-electron chi connectivity index (χ2n) is 4.79. The van der Waals surface area contributed by atoms with Crippen LogP contribution >= 0.6 is 23.8 Å². The van der Waals surface area contributed by atoms with Gasteiger partial charge < -0.3 is 10.6 Å². The molecule has 0 fully saturated rings. The van der Waals surface area contributed by atoms with Gasteiger partial charge >= 0.3 is 0 Å². The van der Waals surface area contributed by atoms with Crippen molar-refractivity contribution in [2.45, 2.75) is 26.3 Å². The summed E-state index contributed by atoms with van der Waals surface area (Å²) in [6, 6.07) is 8.10. The third-order valence-electron chi connectivity index (χ3n) is 2.95. The van der Waals surface area contributed by atoms with Crippen molar-refractivity contribution >= 4 is 34.6 Å². The third kappa shape index (κ3) is 5.36. The monoisotopic (exact) mass is 322 g/mol. The highest BCUT2D eigenvalue weighted by molar-refractivity contribution is 7.80. The predicted molar refractivity (Wildman–Crippen MR) is 91.9 cm³/mol. The molecule has 0 aliphatic carbocycles. The predicted octanol–water partition coefficient (Wildman–Crippen LogP) is 3.67. The van der Waals surface area contributed by atoms with Crippen molar-refractivity contribution in [1.29, 1.82) is 0 Å². The fourth-order valence-electron chi connectivity index (χ4n) is 1.91. The van der Waals surface area contributed by atoms with Gasteiger partial charge in [0.05, 0.1) is 17.8 Å². The Morgan fingerprint density at radius 2 is 2.29 bits per heavy atom. The molecule has 0 saturated heterocycles. The Kier molecular flexibility index (Phi) is 6.02. The molecule has 0 aliphatic rings. The molecule has 2 rings (SSSR count). The Bertz CT molecular complexity index is 597. The highest BCUT2D eigenvalue weighted by atomic mass is 35.5. The fourth-order valence-corrected chi connectivity index (χ4v) is 2.29. The largest absolute Gasteiger partial charge is 0.362 e. The fraction of sp³-hybridized carbons (Fsp3) is 0.333. The van der Waals surface area contributed by atoms with Crippen LogP contribution in [0.4, 0.5) is 5.69 Å². The molecule has 1 aromatic heterocycles. The maximum atomic E-state index is 5.87. The van der Waals surface area contributed by atoms with Crippen LogP contribution in [0, 0.1) is 0 Å². The van der Waals surface area contributed by atoms with Crippen LogP contribution in [0.15, 0.2) is 36.7 Å². The number of benzene rings is 1. The zero-order valence-corrected chi connectivity index (χ0v) is 13.5. The molecule has 0 bridgehead atoms. The van der Waals surface area contributed by atoms with E-state index in [1.54, 1.807) is 17.1 Å². The summed E-state index contributed by atoms with van der Waals surface area (Å²) >= 11 is 11.1. The number of halogens is 1. The number of aromatic nitrogens is 2. The van der Waals surface area contributed by atoms with E-state index in [1.165, 1.54) is 0 Å². The second-order valence-corrected chi connectivity index (χ2v) is 5.64. The minimum Gasteiger partial charge on any atom is -0.362 e. The second kappa shape index (κ2) is 8.00. The number of thiocarbonyl (C=S) groups is 1. The normalized spacial score (nSPS) is 10.4. The molecule has 0 aliphatic heterocycles. The van der Waals surface area contributed by atoms with Crippen molar-refractivity contribution in [3.8, 4) is 0 Å². The van der Waals surface area contributed by atoms with Gasteiger partial charge in [0.1, 0.15) is 0 Å². The summed E-state index contributed by atoms with van der Waals surface area (Å²) in [4.78, 5) is 0. The van der Waals surface area contributed by atoms with Crippen molar-refractivity contribution in [2.24, 2.45) is 0 Å². The first kappa shape index (κ1) is 15.8. The maximum Gasteiger partial charge on any atom is 0.170 e. The van der Waals surface area contributed by atoms with Crippen molar-refractivity contribution in [3.05, 3.63) is 47.2 Å². The summed E-state index contributed by atoms with van der Waals surface area (Å²) in [7, 11) is 0. The topological polar surface area (TPSA) is 41.9 Å². The van der Waals surface area contributed by atoms with E-state index >= 15 is 0 Å². The van der Waals surface area contributed by atoms with Crippen molar-refractivity contribution in [1.82, 2.24) is 15.1 Å². The first-order valence-corrected chi connectivity index (χ1v) is 7.77. The number of hydrogen-bond acceptors (Lipinski definition) is 2. The Morgan fingerprint density at radius 1 is 1.43 bits per heavy atom. The average molecular weight is 323 g/mol. The molecule has 2 N–H and O–H groups in total. The summed E-state index contributed by atoms with van der Waals surface area (Å²) in [5.74, 6) is 0. The van der Waals surface area contributed by atoms with Crippen LogP contribution < -0.4 is 10.6 Å². The van der Waals surface area contributed by atoms with Crippen LogP contribution in [0.2, 0.25) is 5.02 Å². The van der Waals surface area contributed by atoms with Crippen LogP contribution in [0.1, 0.15) is 25.3 Å². The molecule has 112 valence electrons. The van der Waals surface area contributed by atoms with Crippen molar-refractivity contribution in [3.63, 3.8) is 0 Å². The lowest BCUT2D eigenvalue weighted by atomic mass is 10.2. The molecule has 0 atom stereocenters. The number of nitrogens with one attached hydrogen (secondary N) is 2. The zero-order valence-electron chi connectivity index (χ0n) is 12.0. The molecule has 0 saturated carbocycles. The Hall–Kier alpha value is -1.59. The minimum atomic E-state index is 0.644. The molecule has 6 heteroatoms. The smallest absolute Gasteiger partial charge is 0.170 e. The number of hydrogen-bond donors (Lipinski definition) is 2. The Balaban J connectivity index is 1.92. The highest BCUT2D eigenvalue weighted by Gasteiger charge is 2.01. The van der Waals surface area contributed by atoms with Crippen LogP contribution in [-0.4, -0.2) is 21.4 Å². The van der Waals surface area contributed by atoms with E-state index in [4.69, 9.17) is 23.8 Å². The van der Waals surface area contributed by atoms with Gasteiger partial charge in [0.25, 0.3) is 0 Å². The van der Waals surface area contributed by atoms with Gasteiger partial charge in [0.2, 0.25) is 0 Å². The molecule has 0 radical (unpaired) electrons. The van der Waals surface area contributed by atoms with Gasteiger partial charge in [0.15, 0.2) is 5.11 Å². The molecule has 0 unspecified atom stereocenters. The third-order valence-corrected chi connectivity index (χ3v) is 3.39. The van der Waals surface area contributed by atoms with Crippen LogP contribution in [0.25, 0.3) is 0 Å². The van der Waals surface area contributed by atoms with E-state index in [1.807, 2.05) is 18.2 Å². The lowest BCUT2D eigenvalue weighted by Crippen LogP contribution is -2.29. The van der Waals surface area contributed by atoms with Gasteiger partial charge in [-0.25, -0.2) is 0 Å². The highest BCUT2D eigenvalue weighted by Crippen LogP contribution is 2.13. The van der Waals surface area contributed by atoms with E-state index < -0.39 is 0 Å². The number of rotatable bonds is 6. The molecular weight excluding hydrogens is 304 g/mol. The number of unbranched alkanes of at least 4 members (excludes halogenated alkanes) is 1. The molecular formula is C15H19ClN4S. The van der Waals surface area contributed by atoms with Crippen LogP contribution in [0.5, 0.6) is 0 Å². The van der Waals surface area contributed by atoms with Gasteiger partial charge in [-0.05, 0) is 36.3 Å². The maximum absolute atomic E-state index is 5.87. The first-order valence-electron chi connectivity index (χ1n) is 6.99. The van der Waals surface area contributed by atoms with Gasteiger partial charge in [-0.3, -0.25) is 4.68 Å². The van der Waals surface area contributed by atoms with E-state index in [9.17, 15) is 0 Å². The van der Waals surface area contributed by atoms with E-state index in [0.717, 1.165) is 30.6 Å². The summed E-state index contributed by atoms with van der Waals surface area (Å²) in [6.07, 6.45) is 5.70. The van der Waals surface area contributed by atoms with E-state index in [0.29, 0.717) is 16.7 Å². The van der Waals surface area contributed by atoms with Gasteiger partial charge in [-0.15, -0.1) is 0 Å². The van der Waals surface area contributed by atoms with Gasteiger partial charge in [0, 0.05) is 18.4 Å². The standard InChI is InChI=1S/C15H19ClN4S/c1-2-3-7-17-15(21)19-14-6-4-5-12(8-14)10-20-11-13(16)9-18-20/h4-6,8-9,11H,2-3,7,10H2,1H3,(H2,17,19,21). The van der Waals surface area contributed by atoms with Gasteiger partial charge in [-0.2, -0.15) is 5.10 Å². The van der Waals surface area contributed by atoms with Crippen LogP contribution in [-0.2, 0) is 6.54 Å². The molecule has 1 aromatic carbocycles. The van der Waals surface area contributed by atoms with Crippen molar-refractivity contribution in [2.75, 3.05) is 11.9 Å². The Labute approximate surface area is 135 Å². The molecule has 0 amide bonds. The minimum absolute atomic E-state index is 0.644. The van der Waals surface area contributed by atoms with E-state index in [2.05, 4.69) is 28.7 Å². The zero-order chi connectivity index (χ0) is 15.1. The summed E-state index contributed by atoms with van der Waals surface area (Å²) in [5, 5.41) is 11.9. The lowest BCUT2D eigenvalue weighted by molar-refractivity contribution is 0.687. The van der Waals surface area contributed by atoms with Gasteiger partial charge in [-0.1, -0.05) is 37.1 Å². The average Bonchev–Trinajstić information content (AvgIpc) is 2.85. The number of anilines is 1. The summed E-state index contributed by atoms with van der Waals surface area (Å²) in [5.41, 5.74) is 2.11. The van der Waals surface area contributed by atoms with Crippen LogP contribution in [0.3, 0.4) is 0 Å². The summed E-state index contributed by atoms with van der Waals surface area (Å²) < 4.78 is 1.80. The molecule has 4 nitrogen and oxygen atoms in total. The number of nitrogens with zero attached hydrogens (tertiary/aromatic N) is 2. The molecule has 21 heavy (non-hydrogen) atoms. The first-order chi connectivity index (χ1) is 10.2. The quantitative estimate of drug-likeness (QED) is 0.629. The lowest BCUT2D eigenvalue weighted by Gasteiger charge is -2.11. The molecule has 1 heterocycles. The Morgan fingerprint density at radius 3 is 3.00 bits per heavy atom. The van der Waals surface area contributed by atoms with E-state index in [-0.39, 0.29) is 0 Å².